The van der Waals surface area contributed by atoms with Crippen LogP contribution in [0.25, 0.3) is 0 Å². The van der Waals surface area contributed by atoms with Crippen molar-refractivity contribution in [3.05, 3.63) is 34.4 Å². The van der Waals surface area contributed by atoms with Crippen LogP contribution >= 0.6 is 0 Å². The molecule has 0 radical (unpaired) electrons. The lowest BCUT2D eigenvalue weighted by molar-refractivity contribution is -0.124. The van der Waals surface area contributed by atoms with Crippen molar-refractivity contribution >= 4 is 11.6 Å². The molecule has 1 saturated carbocycles. The molecule has 1 aliphatic carbocycles. The maximum absolute atomic E-state index is 12.7. The zero-order chi connectivity index (χ0) is 17.0. The van der Waals surface area contributed by atoms with Crippen LogP contribution in [0.4, 0.5) is 0 Å². The van der Waals surface area contributed by atoms with Crippen molar-refractivity contribution in [2.75, 3.05) is 0 Å². The molecule has 0 aliphatic heterocycles. The number of benzene rings is 1. The summed E-state index contributed by atoms with van der Waals surface area (Å²) in [5, 5.41) is 0. The maximum atomic E-state index is 12.7. The van der Waals surface area contributed by atoms with Gasteiger partial charge in [-0.3, -0.25) is 9.59 Å². The predicted octanol–water partition coefficient (Wildman–Crippen LogP) is 3.45. The summed E-state index contributed by atoms with van der Waals surface area (Å²) in [6.07, 6.45) is 7.51. The fraction of sp³-hybridized carbons (Fsp3) is 0.429. The van der Waals surface area contributed by atoms with Crippen LogP contribution in [0, 0.1) is 30.1 Å². The molecule has 1 aliphatic rings. The lowest BCUT2D eigenvalue weighted by Gasteiger charge is -2.18. The van der Waals surface area contributed by atoms with Gasteiger partial charge in [0, 0.05) is 24.3 Å². The highest BCUT2D eigenvalue weighted by atomic mass is 16.2. The first-order chi connectivity index (χ1) is 11.1. The number of aryl methyl sites for hydroxylation is 2. The van der Waals surface area contributed by atoms with Crippen LogP contribution < -0.4 is 0 Å². The van der Waals surface area contributed by atoms with Crippen LogP contribution in [-0.4, -0.2) is 11.6 Å². The Morgan fingerprint density at radius 3 is 2.26 bits per heavy atom. The Hall–Kier alpha value is -2.32. The standard InChI is InChI=1S/C21H22O2/c1-5-9-14-11-15(7-3)19(16(8-4)12-14)20-18(22)13-17(10-6-2)21(20)23/h2,11-12,17,20H,7-8,10,13H2,1,3-4H3. The average Bonchev–Trinajstić information content (AvgIpc) is 2.81. The van der Waals surface area contributed by atoms with Gasteiger partial charge in [-0.25, -0.2) is 0 Å². The Morgan fingerprint density at radius 2 is 1.78 bits per heavy atom. The largest absolute Gasteiger partial charge is 0.298 e. The van der Waals surface area contributed by atoms with Gasteiger partial charge in [-0.15, -0.1) is 18.3 Å². The molecule has 2 heteroatoms. The van der Waals surface area contributed by atoms with E-state index >= 15 is 0 Å². The molecule has 0 amide bonds. The third kappa shape index (κ3) is 3.22. The lowest BCUT2D eigenvalue weighted by Crippen LogP contribution is -2.19. The Kier molecular flexibility index (Phi) is 5.41. The number of hydrogen-bond acceptors (Lipinski definition) is 2. The number of hydrogen-bond donors (Lipinski definition) is 0. The molecule has 118 valence electrons. The van der Waals surface area contributed by atoms with Crippen LogP contribution in [0.2, 0.25) is 0 Å². The molecule has 1 fully saturated rings. The van der Waals surface area contributed by atoms with Gasteiger partial charge < -0.3 is 0 Å². The molecule has 0 aromatic heterocycles. The second-order valence-corrected chi connectivity index (χ2v) is 5.90. The van der Waals surface area contributed by atoms with Gasteiger partial charge in [0.1, 0.15) is 11.7 Å². The van der Waals surface area contributed by atoms with E-state index in [1.54, 1.807) is 6.92 Å². The van der Waals surface area contributed by atoms with Crippen molar-refractivity contribution in [3.63, 3.8) is 0 Å². The molecule has 0 saturated heterocycles. The number of carbonyl (C=O) groups is 2. The second-order valence-electron chi connectivity index (χ2n) is 5.90. The van der Waals surface area contributed by atoms with Crippen LogP contribution in [0.1, 0.15) is 61.8 Å². The van der Waals surface area contributed by atoms with Crippen LogP contribution in [-0.2, 0) is 22.4 Å². The zero-order valence-corrected chi connectivity index (χ0v) is 14.0. The fourth-order valence-electron chi connectivity index (χ4n) is 3.43. The molecule has 0 bridgehead atoms. The molecule has 0 heterocycles. The summed E-state index contributed by atoms with van der Waals surface area (Å²) in [4.78, 5) is 25.2. The molecule has 2 nitrogen and oxygen atoms in total. The molecule has 1 aromatic carbocycles. The third-order valence-electron chi connectivity index (χ3n) is 4.49. The molecule has 2 unspecified atom stereocenters. The highest BCUT2D eigenvalue weighted by molar-refractivity contribution is 6.15. The second kappa shape index (κ2) is 7.30. The zero-order valence-electron chi connectivity index (χ0n) is 14.0. The van der Waals surface area contributed by atoms with Crippen molar-refractivity contribution in [3.8, 4) is 24.2 Å². The number of terminal acetylenes is 1. The predicted molar refractivity (Wildman–Crippen MR) is 92.1 cm³/mol. The number of carbonyl (C=O) groups excluding carboxylic acids is 2. The van der Waals surface area contributed by atoms with Gasteiger partial charge >= 0.3 is 0 Å². The van der Waals surface area contributed by atoms with E-state index in [9.17, 15) is 9.59 Å². The highest BCUT2D eigenvalue weighted by Gasteiger charge is 2.43. The summed E-state index contributed by atoms with van der Waals surface area (Å²) in [6.45, 7) is 5.90. The van der Waals surface area contributed by atoms with Gasteiger partial charge in [-0.1, -0.05) is 19.8 Å². The van der Waals surface area contributed by atoms with Gasteiger partial charge in [-0.2, -0.15) is 0 Å². The number of rotatable bonds is 4. The molecular formula is C21H22O2. The monoisotopic (exact) mass is 306 g/mol. The number of Topliss-reactive ketones (excluding diaryl/α,β-unsaturated/α-hetero) is 2. The lowest BCUT2D eigenvalue weighted by atomic mass is 9.83. The normalized spacial score (nSPS) is 20.1. The number of ketones is 2. The van der Waals surface area contributed by atoms with Crippen LogP contribution in [0.15, 0.2) is 12.1 Å². The average molecular weight is 306 g/mol. The van der Waals surface area contributed by atoms with Gasteiger partial charge in [0.05, 0.1) is 0 Å². The molecule has 2 rings (SSSR count). The minimum Gasteiger partial charge on any atom is -0.298 e. The Morgan fingerprint density at radius 1 is 1.17 bits per heavy atom. The quantitative estimate of drug-likeness (QED) is 0.631. The van der Waals surface area contributed by atoms with E-state index in [1.807, 2.05) is 26.0 Å². The van der Waals surface area contributed by atoms with Gasteiger partial charge in [0.25, 0.3) is 0 Å². The molecule has 1 aromatic rings. The molecular weight excluding hydrogens is 284 g/mol. The topological polar surface area (TPSA) is 34.1 Å². The minimum atomic E-state index is -0.637. The summed E-state index contributed by atoms with van der Waals surface area (Å²) in [7, 11) is 0. The van der Waals surface area contributed by atoms with E-state index in [-0.39, 0.29) is 23.9 Å². The summed E-state index contributed by atoms with van der Waals surface area (Å²) < 4.78 is 0. The third-order valence-corrected chi connectivity index (χ3v) is 4.49. The van der Waals surface area contributed by atoms with Crippen molar-refractivity contribution in [2.24, 2.45) is 5.92 Å². The van der Waals surface area contributed by atoms with Crippen LogP contribution in [0.5, 0.6) is 0 Å². The van der Waals surface area contributed by atoms with E-state index in [0.29, 0.717) is 6.42 Å². The summed E-state index contributed by atoms with van der Waals surface area (Å²) >= 11 is 0. The van der Waals surface area contributed by atoms with Gasteiger partial charge in [0.2, 0.25) is 0 Å². The summed E-state index contributed by atoms with van der Waals surface area (Å²) in [6, 6.07) is 4.03. The first-order valence-electron chi connectivity index (χ1n) is 8.15. The first kappa shape index (κ1) is 17.0. The Bertz CT molecular complexity index is 712. The molecule has 0 spiro atoms. The fourth-order valence-corrected chi connectivity index (χ4v) is 3.43. The molecule has 0 N–H and O–H groups in total. The van der Waals surface area contributed by atoms with E-state index < -0.39 is 5.92 Å². The van der Waals surface area contributed by atoms with Crippen molar-refractivity contribution < 1.29 is 9.59 Å². The van der Waals surface area contributed by atoms with Gasteiger partial charge in [-0.05, 0) is 48.6 Å². The van der Waals surface area contributed by atoms with E-state index in [1.165, 1.54) is 0 Å². The molecule has 2 atom stereocenters. The Labute approximate surface area is 138 Å². The van der Waals surface area contributed by atoms with E-state index in [0.717, 1.165) is 35.1 Å². The molecule has 23 heavy (non-hydrogen) atoms. The minimum absolute atomic E-state index is 0.00771. The summed E-state index contributed by atoms with van der Waals surface area (Å²) in [5.74, 6) is 7.56. The maximum Gasteiger partial charge on any atom is 0.152 e. The van der Waals surface area contributed by atoms with Crippen LogP contribution in [0.3, 0.4) is 0 Å². The SMILES string of the molecule is C#CCC1CC(=O)C(c2c(CC)cc(C#CC)cc2CC)C1=O. The van der Waals surface area contributed by atoms with Crippen molar-refractivity contribution in [1.29, 1.82) is 0 Å². The summed E-state index contributed by atoms with van der Waals surface area (Å²) in [5.41, 5.74) is 3.96. The van der Waals surface area contributed by atoms with E-state index in [2.05, 4.69) is 17.8 Å². The highest BCUT2D eigenvalue weighted by Crippen LogP contribution is 2.38. The smallest absolute Gasteiger partial charge is 0.152 e. The van der Waals surface area contributed by atoms with Crippen molar-refractivity contribution in [1.82, 2.24) is 0 Å². The van der Waals surface area contributed by atoms with E-state index in [4.69, 9.17) is 6.42 Å². The van der Waals surface area contributed by atoms with Gasteiger partial charge in [0.15, 0.2) is 5.78 Å². The first-order valence-corrected chi connectivity index (χ1v) is 8.15. The van der Waals surface area contributed by atoms with Crippen molar-refractivity contribution in [2.45, 2.75) is 52.4 Å². The Balaban J connectivity index is 2.57.